The molecule has 0 bridgehead atoms. The minimum absolute atomic E-state index is 0.225. The largest absolute Gasteiger partial charge is 0.395 e. The lowest BCUT2D eigenvalue weighted by molar-refractivity contribution is 0.239. The highest BCUT2D eigenvalue weighted by Crippen LogP contribution is 2.22. The lowest BCUT2D eigenvalue weighted by Crippen LogP contribution is -2.39. The maximum Gasteiger partial charge on any atom is 0.128 e. The third-order valence-corrected chi connectivity index (χ3v) is 2.48. The van der Waals surface area contributed by atoms with Crippen LogP contribution in [-0.4, -0.2) is 24.8 Å². The molecule has 2 unspecified atom stereocenters. The standard InChI is InChI=1S/C10H14ClFN2O/c1-14-10(9(13)5-15)7-4-6(11)2-3-8(7)12/h2-4,9-10,14-15H,5,13H2,1H3. The van der Waals surface area contributed by atoms with Crippen LogP contribution in [0.4, 0.5) is 4.39 Å². The van der Waals surface area contributed by atoms with E-state index in [4.69, 9.17) is 22.4 Å². The second kappa shape index (κ2) is 5.42. The van der Waals surface area contributed by atoms with E-state index in [9.17, 15) is 4.39 Å². The number of halogens is 2. The van der Waals surface area contributed by atoms with Crippen LogP contribution in [0, 0.1) is 5.82 Å². The summed E-state index contributed by atoms with van der Waals surface area (Å²) in [6.07, 6.45) is 0. The number of hydrogen-bond acceptors (Lipinski definition) is 3. The van der Waals surface area contributed by atoms with Crippen molar-refractivity contribution in [3.63, 3.8) is 0 Å². The van der Waals surface area contributed by atoms with Gasteiger partial charge in [0, 0.05) is 16.6 Å². The number of hydrogen-bond donors (Lipinski definition) is 3. The van der Waals surface area contributed by atoms with Crippen LogP contribution in [0.2, 0.25) is 5.02 Å². The summed E-state index contributed by atoms with van der Waals surface area (Å²) in [7, 11) is 1.65. The zero-order valence-electron chi connectivity index (χ0n) is 8.37. The van der Waals surface area contributed by atoms with Crippen molar-refractivity contribution in [3.05, 3.63) is 34.6 Å². The topological polar surface area (TPSA) is 58.3 Å². The van der Waals surface area contributed by atoms with Crippen molar-refractivity contribution in [2.45, 2.75) is 12.1 Å². The molecule has 0 aliphatic carbocycles. The molecule has 0 heterocycles. The molecule has 0 aromatic heterocycles. The van der Waals surface area contributed by atoms with E-state index in [1.807, 2.05) is 0 Å². The molecule has 1 aromatic rings. The maximum absolute atomic E-state index is 13.5. The van der Waals surface area contributed by atoms with Crippen molar-refractivity contribution in [3.8, 4) is 0 Å². The predicted octanol–water partition coefficient (Wildman–Crippen LogP) is 1.06. The van der Waals surface area contributed by atoms with Gasteiger partial charge in [0.25, 0.3) is 0 Å². The molecule has 0 saturated heterocycles. The summed E-state index contributed by atoms with van der Waals surface area (Å²) in [6, 6.07) is 3.24. The summed E-state index contributed by atoms with van der Waals surface area (Å²) in [4.78, 5) is 0. The molecule has 0 fully saturated rings. The van der Waals surface area contributed by atoms with Gasteiger partial charge in [0.15, 0.2) is 0 Å². The van der Waals surface area contributed by atoms with Gasteiger partial charge in [-0.25, -0.2) is 4.39 Å². The number of nitrogens with two attached hydrogens (primary N) is 1. The summed E-state index contributed by atoms with van der Waals surface area (Å²) in [5, 5.41) is 12.2. The molecule has 0 aliphatic heterocycles. The fourth-order valence-corrected chi connectivity index (χ4v) is 1.64. The number of aliphatic hydroxyl groups excluding tert-OH is 1. The third-order valence-electron chi connectivity index (χ3n) is 2.24. The molecular formula is C10H14ClFN2O. The quantitative estimate of drug-likeness (QED) is 0.728. The maximum atomic E-state index is 13.5. The van der Waals surface area contributed by atoms with Crippen molar-refractivity contribution in [1.82, 2.24) is 5.32 Å². The van der Waals surface area contributed by atoms with Gasteiger partial charge in [-0.3, -0.25) is 0 Å². The molecule has 2 atom stereocenters. The van der Waals surface area contributed by atoms with Gasteiger partial charge in [0.2, 0.25) is 0 Å². The minimum atomic E-state index is -0.567. The molecule has 0 spiro atoms. The Hall–Kier alpha value is -0.680. The second-order valence-corrected chi connectivity index (χ2v) is 3.72. The van der Waals surface area contributed by atoms with E-state index < -0.39 is 12.1 Å². The zero-order chi connectivity index (χ0) is 11.4. The van der Waals surface area contributed by atoms with E-state index >= 15 is 0 Å². The molecule has 0 aliphatic rings. The first-order chi connectivity index (χ1) is 7.10. The molecule has 15 heavy (non-hydrogen) atoms. The summed E-state index contributed by atoms with van der Waals surface area (Å²) in [5.74, 6) is -0.386. The number of likely N-dealkylation sites (N-methyl/N-ethyl adjacent to an activating group) is 1. The van der Waals surface area contributed by atoms with Crippen LogP contribution in [0.1, 0.15) is 11.6 Å². The highest BCUT2D eigenvalue weighted by molar-refractivity contribution is 6.30. The van der Waals surface area contributed by atoms with Gasteiger partial charge in [-0.15, -0.1) is 0 Å². The Morgan fingerprint density at radius 3 is 2.80 bits per heavy atom. The Morgan fingerprint density at radius 2 is 2.27 bits per heavy atom. The molecule has 1 aromatic carbocycles. The van der Waals surface area contributed by atoms with Crippen molar-refractivity contribution >= 4 is 11.6 Å². The van der Waals surface area contributed by atoms with Crippen LogP contribution in [-0.2, 0) is 0 Å². The minimum Gasteiger partial charge on any atom is -0.395 e. The van der Waals surface area contributed by atoms with Crippen molar-refractivity contribution < 1.29 is 9.50 Å². The molecule has 3 nitrogen and oxygen atoms in total. The molecular weight excluding hydrogens is 219 g/mol. The van der Waals surface area contributed by atoms with E-state index in [0.717, 1.165) is 0 Å². The average Bonchev–Trinajstić information content (AvgIpc) is 2.23. The van der Waals surface area contributed by atoms with E-state index in [-0.39, 0.29) is 12.4 Å². The highest BCUT2D eigenvalue weighted by atomic mass is 35.5. The lowest BCUT2D eigenvalue weighted by atomic mass is 10.00. The highest BCUT2D eigenvalue weighted by Gasteiger charge is 2.20. The van der Waals surface area contributed by atoms with Gasteiger partial charge >= 0.3 is 0 Å². The number of nitrogens with one attached hydrogen (secondary N) is 1. The predicted molar refractivity (Wildman–Crippen MR) is 58.3 cm³/mol. The Bertz CT molecular complexity index is 335. The van der Waals surface area contributed by atoms with Crippen LogP contribution in [0.25, 0.3) is 0 Å². The van der Waals surface area contributed by atoms with Gasteiger partial charge in [-0.1, -0.05) is 11.6 Å². The SMILES string of the molecule is CNC(c1cc(Cl)ccc1F)C(N)CO. The Kier molecular flexibility index (Phi) is 4.47. The number of aliphatic hydroxyl groups is 1. The molecule has 0 amide bonds. The van der Waals surface area contributed by atoms with Crippen LogP contribution in [0.15, 0.2) is 18.2 Å². The normalized spacial score (nSPS) is 15.0. The van der Waals surface area contributed by atoms with E-state index in [2.05, 4.69) is 5.32 Å². The van der Waals surface area contributed by atoms with Gasteiger partial charge < -0.3 is 16.2 Å². The van der Waals surface area contributed by atoms with Crippen LogP contribution in [0.5, 0.6) is 0 Å². The van der Waals surface area contributed by atoms with Crippen molar-refractivity contribution in [2.24, 2.45) is 5.73 Å². The van der Waals surface area contributed by atoms with Crippen LogP contribution in [0.3, 0.4) is 0 Å². The van der Waals surface area contributed by atoms with E-state index in [1.54, 1.807) is 7.05 Å². The van der Waals surface area contributed by atoms with E-state index in [0.29, 0.717) is 10.6 Å². The molecule has 4 N–H and O–H groups in total. The summed E-state index contributed by atoms with van der Waals surface area (Å²) in [5.41, 5.74) is 6.02. The third kappa shape index (κ3) is 2.89. The smallest absolute Gasteiger partial charge is 0.128 e. The number of benzene rings is 1. The first-order valence-electron chi connectivity index (χ1n) is 4.58. The van der Waals surface area contributed by atoms with Gasteiger partial charge in [-0.05, 0) is 25.2 Å². The average molecular weight is 233 g/mol. The first-order valence-corrected chi connectivity index (χ1v) is 4.96. The summed E-state index contributed by atoms with van der Waals surface area (Å²) in [6.45, 7) is -0.225. The van der Waals surface area contributed by atoms with Crippen molar-refractivity contribution in [2.75, 3.05) is 13.7 Å². The fraction of sp³-hybridized carbons (Fsp3) is 0.400. The van der Waals surface area contributed by atoms with E-state index in [1.165, 1.54) is 18.2 Å². The molecule has 5 heteroatoms. The zero-order valence-corrected chi connectivity index (χ0v) is 9.13. The number of rotatable bonds is 4. The summed E-state index contributed by atoms with van der Waals surface area (Å²) < 4.78 is 13.5. The molecule has 1 rings (SSSR count). The summed E-state index contributed by atoms with van der Waals surface area (Å²) >= 11 is 5.77. The molecule has 0 saturated carbocycles. The monoisotopic (exact) mass is 232 g/mol. The van der Waals surface area contributed by atoms with Crippen molar-refractivity contribution in [1.29, 1.82) is 0 Å². The lowest BCUT2D eigenvalue weighted by Gasteiger charge is -2.22. The Balaban J connectivity index is 3.05. The van der Waals surface area contributed by atoms with Gasteiger partial charge in [0.1, 0.15) is 5.82 Å². The van der Waals surface area contributed by atoms with Crippen LogP contribution >= 0.6 is 11.6 Å². The fourth-order valence-electron chi connectivity index (χ4n) is 1.46. The van der Waals surface area contributed by atoms with Gasteiger partial charge in [-0.2, -0.15) is 0 Å². The first kappa shape index (κ1) is 12.4. The Morgan fingerprint density at radius 1 is 1.60 bits per heavy atom. The second-order valence-electron chi connectivity index (χ2n) is 3.28. The molecule has 84 valence electrons. The Labute approximate surface area is 93.0 Å². The van der Waals surface area contributed by atoms with Crippen LogP contribution < -0.4 is 11.1 Å². The van der Waals surface area contributed by atoms with Gasteiger partial charge in [0.05, 0.1) is 12.6 Å². The molecule has 0 radical (unpaired) electrons.